The molecular formula is C16H21N3O. The fourth-order valence-corrected chi connectivity index (χ4v) is 2.82. The quantitative estimate of drug-likeness (QED) is 0.928. The predicted octanol–water partition coefficient (Wildman–Crippen LogP) is 2.37. The number of anilines is 1. The molecule has 0 fully saturated rings. The lowest BCUT2D eigenvalue weighted by atomic mass is 10.0. The van der Waals surface area contributed by atoms with Crippen LogP contribution in [0.25, 0.3) is 0 Å². The van der Waals surface area contributed by atoms with Gasteiger partial charge in [-0.3, -0.25) is 4.68 Å². The van der Waals surface area contributed by atoms with Crippen LogP contribution in [0.1, 0.15) is 36.1 Å². The van der Waals surface area contributed by atoms with E-state index in [1.54, 1.807) is 6.20 Å². The van der Waals surface area contributed by atoms with Gasteiger partial charge >= 0.3 is 0 Å². The molecule has 1 unspecified atom stereocenters. The molecule has 0 saturated carbocycles. The average molecular weight is 271 g/mol. The van der Waals surface area contributed by atoms with E-state index in [1.807, 2.05) is 16.9 Å². The van der Waals surface area contributed by atoms with E-state index in [4.69, 9.17) is 0 Å². The van der Waals surface area contributed by atoms with Gasteiger partial charge in [0.05, 0.1) is 6.20 Å². The summed E-state index contributed by atoms with van der Waals surface area (Å²) in [6.07, 6.45) is 5.22. The predicted molar refractivity (Wildman–Crippen MR) is 80.0 cm³/mol. The molecule has 0 aliphatic carbocycles. The van der Waals surface area contributed by atoms with Gasteiger partial charge in [-0.2, -0.15) is 5.10 Å². The van der Waals surface area contributed by atoms with E-state index in [1.165, 1.54) is 11.3 Å². The van der Waals surface area contributed by atoms with E-state index in [-0.39, 0.29) is 0 Å². The van der Waals surface area contributed by atoms with Crippen LogP contribution in [-0.2, 0) is 13.0 Å². The number of fused-ring (bicyclic) bond motifs is 1. The highest BCUT2D eigenvalue weighted by Crippen LogP contribution is 2.31. The summed E-state index contributed by atoms with van der Waals surface area (Å²) in [5.74, 6) is 0. The van der Waals surface area contributed by atoms with E-state index in [2.05, 4.69) is 36.1 Å². The molecule has 1 N–H and O–H groups in total. The number of hydrogen-bond acceptors (Lipinski definition) is 3. The molecule has 1 aliphatic rings. The van der Waals surface area contributed by atoms with Gasteiger partial charge in [-0.15, -0.1) is 0 Å². The summed E-state index contributed by atoms with van der Waals surface area (Å²) in [6, 6.07) is 6.25. The number of aryl methyl sites for hydroxylation is 1. The number of aliphatic hydroxyl groups excluding tert-OH is 1. The topological polar surface area (TPSA) is 41.3 Å². The van der Waals surface area contributed by atoms with E-state index in [9.17, 15) is 5.11 Å². The first-order chi connectivity index (χ1) is 9.69. The second-order valence-electron chi connectivity index (χ2n) is 5.50. The molecule has 106 valence electrons. The summed E-state index contributed by atoms with van der Waals surface area (Å²) in [6.45, 7) is 4.07. The molecule has 1 aliphatic heterocycles. The first-order valence-corrected chi connectivity index (χ1v) is 7.23. The zero-order valence-corrected chi connectivity index (χ0v) is 12.1. The maximum absolute atomic E-state index is 10.5. The Morgan fingerprint density at radius 3 is 3.00 bits per heavy atom. The van der Waals surface area contributed by atoms with E-state index in [0.29, 0.717) is 0 Å². The average Bonchev–Trinajstić information content (AvgIpc) is 3.06. The summed E-state index contributed by atoms with van der Waals surface area (Å²) >= 11 is 0. The van der Waals surface area contributed by atoms with Crippen LogP contribution in [0.15, 0.2) is 30.6 Å². The van der Waals surface area contributed by atoms with Crippen molar-refractivity contribution in [3.05, 3.63) is 47.3 Å². The number of hydrogen-bond donors (Lipinski definition) is 1. The van der Waals surface area contributed by atoms with Crippen LogP contribution in [0.2, 0.25) is 0 Å². The molecule has 0 amide bonds. The molecule has 3 rings (SSSR count). The Bertz CT molecular complexity index is 606. The van der Waals surface area contributed by atoms with E-state index >= 15 is 0 Å². The third kappa shape index (κ3) is 2.31. The first kappa shape index (κ1) is 13.2. The smallest absolute Gasteiger partial charge is 0.107 e. The lowest BCUT2D eigenvalue weighted by Crippen LogP contribution is -2.12. The summed E-state index contributed by atoms with van der Waals surface area (Å²) in [4.78, 5) is 2.25. The zero-order chi connectivity index (χ0) is 14.1. The maximum Gasteiger partial charge on any atom is 0.107 e. The number of likely N-dealkylation sites (N-methyl/N-ethyl adjacent to an activating group) is 1. The normalized spacial score (nSPS) is 15.4. The zero-order valence-electron chi connectivity index (χ0n) is 12.1. The number of rotatable bonds is 4. The molecule has 0 bridgehead atoms. The largest absolute Gasteiger partial charge is 0.384 e. The number of aliphatic hydroxyl groups is 1. The van der Waals surface area contributed by atoms with Gasteiger partial charge in [0.1, 0.15) is 6.10 Å². The van der Waals surface area contributed by atoms with E-state index < -0.39 is 6.10 Å². The van der Waals surface area contributed by atoms with Crippen LogP contribution < -0.4 is 4.90 Å². The summed E-state index contributed by atoms with van der Waals surface area (Å²) in [7, 11) is 2.11. The first-order valence-electron chi connectivity index (χ1n) is 7.23. The van der Waals surface area contributed by atoms with Crippen LogP contribution >= 0.6 is 0 Å². The summed E-state index contributed by atoms with van der Waals surface area (Å²) < 4.78 is 1.89. The lowest BCUT2D eigenvalue weighted by Gasteiger charge is -2.14. The Kier molecular flexibility index (Phi) is 3.49. The third-order valence-corrected chi connectivity index (χ3v) is 3.97. The Hall–Kier alpha value is -1.81. The number of benzene rings is 1. The van der Waals surface area contributed by atoms with Crippen LogP contribution in [0.3, 0.4) is 0 Å². The van der Waals surface area contributed by atoms with Crippen LogP contribution in [0.5, 0.6) is 0 Å². The van der Waals surface area contributed by atoms with Gasteiger partial charge in [0.2, 0.25) is 0 Å². The molecular weight excluding hydrogens is 250 g/mol. The standard InChI is InChI=1S/C16H21N3O/c1-3-7-19-11-14(10-17-19)16(20)13-4-5-15-12(9-13)6-8-18(15)2/h4-5,9-11,16,20H,3,6-8H2,1-2H3. The summed E-state index contributed by atoms with van der Waals surface area (Å²) in [5.41, 5.74) is 4.42. The van der Waals surface area contributed by atoms with Crippen molar-refractivity contribution in [2.45, 2.75) is 32.4 Å². The summed E-state index contributed by atoms with van der Waals surface area (Å²) in [5, 5.41) is 14.8. The van der Waals surface area contributed by atoms with Crippen molar-refractivity contribution in [1.29, 1.82) is 0 Å². The van der Waals surface area contributed by atoms with E-state index in [0.717, 1.165) is 37.1 Å². The second-order valence-corrected chi connectivity index (χ2v) is 5.50. The van der Waals surface area contributed by atoms with Gasteiger partial charge in [-0.05, 0) is 30.0 Å². The molecule has 1 aromatic heterocycles. The molecule has 0 radical (unpaired) electrons. The van der Waals surface area contributed by atoms with Gasteiger partial charge in [0, 0.05) is 37.6 Å². The van der Waals surface area contributed by atoms with Gasteiger partial charge in [-0.25, -0.2) is 0 Å². The molecule has 0 saturated heterocycles. The minimum Gasteiger partial charge on any atom is -0.384 e. The highest BCUT2D eigenvalue weighted by molar-refractivity contribution is 5.59. The molecule has 1 aromatic carbocycles. The highest BCUT2D eigenvalue weighted by Gasteiger charge is 2.19. The molecule has 0 spiro atoms. The molecule has 4 nitrogen and oxygen atoms in total. The van der Waals surface area contributed by atoms with Crippen LogP contribution in [-0.4, -0.2) is 28.5 Å². The van der Waals surface area contributed by atoms with Gasteiger partial charge in [0.15, 0.2) is 0 Å². The lowest BCUT2D eigenvalue weighted by molar-refractivity contribution is 0.220. The van der Waals surface area contributed by atoms with Crippen molar-refractivity contribution in [2.75, 3.05) is 18.5 Å². The van der Waals surface area contributed by atoms with Crippen molar-refractivity contribution in [1.82, 2.24) is 9.78 Å². The van der Waals surface area contributed by atoms with Crippen LogP contribution in [0.4, 0.5) is 5.69 Å². The molecule has 20 heavy (non-hydrogen) atoms. The van der Waals surface area contributed by atoms with Crippen molar-refractivity contribution >= 4 is 5.69 Å². The Morgan fingerprint density at radius 1 is 1.35 bits per heavy atom. The SMILES string of the molecule is CCCn1cc(C(O)c2ccc3c(c2)CCN3C)cn1. The Labute approximate surface area is 119 Å². The second kappa shape index (κ2) is 5.29. The Morgan fingerprint density at radius 2 is 2.20 bits per heavy atom. The van der Waals surface area contributed by atoms with Gasteiger partial charge < -0.3 is 10.0 Å². The molecule has 4 heteroatoms. The molecule has 1 atom stereocenters. The Balaban J connectivity index is 1.84. The monoisotopic (exact) mass is 271 g/mol. The van der Waals surface area contributed by atoms with Crippen LogP contribution in [0, 0.1) is 0 Å². The van der Waals surface area contributed by atoms with Crippen molar-refractivity contribution in [2.24, 2.45) is 0 Å². The fourth-order valence-electron chi connectivity index (χ4n) is 2.82. The van der Waals surface area contributed by atoms with Crippen molar-refractivity contribution in [3.8, 4) is 0 Å². The number of nitrogens with zero attached hydrogens (tertiary/aromatic N) is 3. The van der Waals surface area contributed by atoms with Gasteiger partial charge in [0.25, 0.3) is 0 Å². The molecule has 2 aromatic rings. The molecule has 2 heterocycles. The third-order valence-electron chi connectivity index (χ3n) is 3.97. The van der Waals surface area contributed by atoms with Crippen molar-refractivity contribution in [3.63, 3.8) is 0 Å². The van der Waals surface area contributed by atoms with Gasteiger partial charge in [-0.1, -0.05) is 19.1 Å². The highest BCUT2D eigenvalue weighted by atomic mass is 16.3. The fraction of sp³-hybridized carbons (Fsp3) is 0.438. The number of aromatic nitrogens is 2. The maximum atomic E-state index is 10.5. The minimum atomic E-state index is -0.586. The minimum absolute atomic E-state index is 0.586. The van der Waals surface area contributed by atoms with Crippen molar-refractivity contribution < 1.29 is 5.11 Å².